The first-order valence-corrected chi connectivity index (χ1v) is 9.30. The number of amides is 1. The Morgan fingerprint density at radius 3 is 2.60 bits per heavy atom. The predicted molar refractivity (Wildman–Crippen MR) is 95.2 cm³/mol. The van der Waals surface area contributed by atoms with Crippen molar-refractivity contribution in [2.75, 3.05) is 17.2 Å². The molecule has 3 rings (SSSR count). The number of hydrogen-bond acceptors (Lipinski definition) is 5. The molecule has 2 aromatic rings. The highest BCUT2D eigenvalue weighted by atomic mass is 32.2. The number of rotatable bonds is 4. The van der Waals surface area contributed by atoms with Gasteiger partial charge >= 0.3 is 0 Å². The van der Waals surface area contributed by atoms with Crippen molar-refractivity contribution < 1.29 is 17.9 Å². The zero-order valence-corrected chi connectivity index (χ0v) is 14.7. The largest absolute Gasteiger partial charge is 0.494 e. The van der Waals surface area contributed by atoms with Crippen LogP contribution in [0.1, 0.15) is 12.5 Å². The molecule has 1 aliphatic heterocycles. The van der Waals surface area contributed by atoms with E-state index in [2.05, 4.69) is 15.4 Å². The van der Waals surface area contributed by atoms with Gasteiger partial charge in [0.15, 0.2) is 6.17 Å². The van der Waals surface area contributed by atoms with Crippen LogP contribution in [-0.4, -0.2) is 27.1 Å². The van der Waals surface area contributed by atoms with Crippen molar-refractivity contribution in [3.63, 3.8) is 0 Å². The standard InChI is InChI=1S/C17H19N3O4S/c1-3-24-13-7-5-12(6-8-13)18-17(21)16-19-14-10-11(2)4-9-15(14)25(22,23)20-16/h4-10,16,19-20H,3H2,1-2H3,(H,18,21). The van der Waals surface area contributed by atoms with Crippen LogP contribution in [0.25, 0.3) is 0 Å². The molecule has 1 unspecified atom stereocenters. The Labute approximate surface area is 146 Å². The van der Waals surface area contributed by atoms with Gasteiger partial charge in [0.2, 0.25) is 10.0 Å². The summed E-state index contributed by atoms with van der Waals surface area (Å²) in [5, 5.41) is 5.60. The number of carbonyl (C=O) groups is 1. The van der Waals surface area contributed by atoms with Crippen molar-refractivity contribution in [1.82, 2.24) is 4.72 Å². The molecule has 1 amide bonds. The number of carbonyl (C=O) groups excluding carboxylic acids is 1. The van der Waals surface area contributed by atoms with Gasteiger partial charge in [0.25, 0.3) is 5.91 Å². The summed E-state index contributed by atoms with van der Waals surface area (Å²) >= 11 is 0. The second-order valence-corrected chi connectivity index (χ2v) is 7.33. The van der Waals surface area contributed by atoms with Gasteiger partial charge in [0.1, 0.15) is 10.6 Å². The molecule has 0 spiro atoms. The Bertz CT molecular complexity index is 895. The second-order valence-electron chi connectivity index (χ2n) is 5.64. The quantitative estimate of drug-likeness (QED) is 0.775. The molecule has 1 heterocycles. The molecule has 0 saturated heterocycles. The molecular weight excluding hydrogens is 342 g/mol. The molecule has 0 saturated carbocycles. The summed E-state index contributed by atoms with van der Waals surface area (Å²) < 4.78 is 32.3. The average Bonchev–Trinajstić information content (AvgIpc) is 2.55. The highest BCUT2D eigenvalue weighted by Gasteiger charge is 2.33. The van der Waals surface area contributed by atoms with Crippen molar-refractivity contribution in [3.05, 3.63) is 48.0 Å². The zero-order valence-electron chi connectivity index (χ0n) is 13.9. The van der Waals surface area contributed by atoms with Gasteiger partial charge in [-0.3, -0.25) is 4.79 Å². The van der Waals surface area contributed by atoms with Gasteiger partial charge in [0.05, 0.1) is 12.3 Å². The molecule has 0 bridgehead atoms. The monoisotopic (exact) mass is 361 g/mol. The number of anilines is 2. The summed E-state index contributed by atoms with van der Waals surface area (Å²) in [5.74, 6) is 0.196. The summed E-state index contributed by atoms with van der Waals surface area (Å²) in [6, 6.07) is 11.8. The van der Waals surface area contributed by atoms with Gasteiger partial charge in [-0.15, -0.1) is 0 Å². The number of benzene rings is 2. The third-order valence-corrected chi connectivity index (χ3v) is 5.17. The van der Waals surface area contributed by atoms with Crippen molar-refractivity contribution in [1.29, 1.82) is 0 Å². The summed E-state index contributed by atoms with van der Waals surface area (Å²) in [7, 11) is -3.75. The molecule has 0 fully saturated rings. The van der Waals surface area contributed by atoms with Gasteiger partial charge in [-0.1, -0.05) is 6.07 Å². The molecule has 25 heavy (non-hydrogen) atoms. The van der Waals surface area contributed by atoms with Crippen LogP contribution in [-0.2, 0) is 14.8 Å². The molecule has 1 atom stereocenters. The van der Waals surface area contributed by atoms with E-state index in [4.69, 9.17) is 4.74 Å². The average molecular weight is 361 g/mol. The lowest BCUT2D eigenvalue weighted by Crippen LogP contribution is -2.51. The van der Waals surface area contributed by atoms with Crippen LogP contribution in [0.4, 0.5) is 11.4 Å². The van der Waals surface area contributed by atoms with E-state index in [1.165, 1.54) is 6.07 Å². The number of nitrogens with one attached hydrogen (secondary N) is 3. The van der Waals surface area contributed by atoms with Crippen LogP contribution in [0.3, 0.4) is 0 Å². The zero-order chi connectivity index (χ0) is 18.0. The molecule has 8 heteroatoms. The van der Waals surface area contributed by atoms with Crippen LogP contribution in [0.15, 0.2) is 47.4 Å². The molecule has 3 N–H and O–H groups in total. The first-order valence-electron chi connectivity index (χ1n) is 7.82. The maximum absolute atomic E-state index is 12.4. The fraction of sp³-hybridized carbons (Fsp3) is 0.235. The molecule has 0 radical (unpaired) electrons. The van der Waals surface area contributed by atoms with Crippen LogP contribution < -0.4 is 20.1 Å². The molecule has 0 aliphatic carbocycles. The Morgan fingerprint density at radius 2 is 1.92 bits per heavy atom. The molecule has 1 aliphatic rings. The lowest BCUT2D eigenvalue weighted by atomic mass is 10.2. The maximum Gasteiger partial charge on any atom is 0.262 e. The van der Waals surface area contributed by atoms with Gasteiger partial charge in [-0.05, 0) is 55.8 Å². The van der Waals surface area contributed by atoms with Crippen molar-refractivity contribution in [2.24, 2.45) is 0 Å². The smallest absolute Gasteiger partial charge is 0.262 e. The molecule has 7 nitrogen and oxygen atoms in total. The van der Waals surface area contributed by atoms with E-state index in [0.717, 1.165) is 5.56 Å². The SMILES string of the molecule is CCOc1ccc(NC(=O)C2Nc3cc(C)ccc3S(=O)(=O)N2)cc1. The Hall–Kier alpha value is -2.58. The first kappa shape index (κ1) is 17.2. The van der Waals surface area contributed by atoms with E-state index in [0.29, 0.717) is 23.7 Å². The Balaban J connectivity index is 1.77. The van der Waals surface area contributed by atoms with Crippen LogP contribution in [0, 0.1) is 6.92 Å². The Kier molecular flexibility index (Phi) is 4.65. The normalized spacial score (nSPS) is 17.9. The molecule has 0 aromatic heterocycles. The highest BCUT2D eigenvalue weighted by Crippen LogP contribution is 2.27. The van der Waals surface area contributed by atoms with Crippen LogP contribution >= 0.6 is 0 Å². The lowest BCUT2D eigenvalue weighted by molar-refractivity contribution is -0.117. The van der Waals surface area contributed by atoms with Crippen molar-refractivity contribution >= 4 is 27.3 Å². The number of ether oxygens (including phenoxy) is 1. The third kappa shape index (κ3) is 3.75. The second kappa shape index (κ2) is 6.73. The topological polar surface area (TPSA) is 96.5 Å². The van der Waals surface area contributed by atoms with E-state index in [1.807, 2.05) is 13.8 Å². The first-order chi connectivity index (χ1) is 11.9. The number of aryl methyl sites for hydroxylation is 1. The van der Waals surface area contributed by atoms with E-state index < -0.39 is 22.1 Å². The summed E-state index contributed by atoms with van der Waals surface area (Å²) in [5.41, 5.74) is 1.85. The number of hydrogen-bond donors (Lipinski definition) is 3. The minimum atomic E-state index is -3.75. The van der Waals surface area contributed by atoms with Crippen molar-refractivity contribution in [3.8, 4) is 5.75 Å². The van der Waals surface area contributed by atoms with Gasteiger partial charge in [-0.2, -0.15) is 4.72 Å². The summed E-state index contributed by atoms with van der Waals surface area (Å²) in [6.07, 6.45) is -1.09. The van der Waals surface area contributed by atoms with Crippen LogP contribution in [0.2, 0.25) is 0 Å². The van der Waals surface area contributed by atoms with E-state index in [9.17, 15) is 13.2 Å². The van der Waals surface area contributed by atoms with Gasteiger partial charge in [0, 0.05) is 5.69 Å². The maximum atomic E-state index is 12.4. The fourth-order valence-corrected chi connectivity index (χ4v) is 3.79. The highest BCUT2D eigenvalue weighted by molar-refractivity contribution is 7.89. The summed E-state index contributed by atoms with van der Waals surface area (Å²) in [6.45, 7) is 4.29. The predicted octanol–water partition coefficient (Wildman–Crippen LogP) is 2.06. The number of sulfonamides is 1. The van der Waals surface area contributed by atoms with E-state index >= 15 is 0 Å². The summed E-state index contributed by atoms with van der Waals surface area (Å²) in [4.78, 5) is 12.6. The fourth-order valence-electron chi connectivity index (χ4n) is 2.53. The molecular formula is C17H19N3O4S. The minimum absolute atomic E-state index is 0.128. The third-order valence-electron chi connectivity index (χ3n) is 3.69. The van der Waals surface area contributed by atoms with Crippen LogP contribution in [0.5, 0.6) is 5.75 Å². The molecule has 132 valence electrons. The molecule has 2 aromatic carbocycles. The minimum Gasteiger partial charge on any atom is -0.494 e. The van der Waals surface area contributed by atoms with Gasteiger partial charge in [-0.25, -0.2) is 8.42 Å². The van der Waals surface area contributed by atoms with E-state index in [1.54, 1.807) is 36.4 Å². The number of fused-ring (bicyclic) bond motifs is 1. The lowest BCUT2D eigenvalue weighted by Gasteiger charge is -2.27. The van der Waals surface area contributed by atoms with E-state index in [-0.39, 0.29) is 4.90 Å². The Morgan fingerprint density at radius 1 is 1.20 bits per heavy atom. The van der Waals surface area contributed by atoms with Crippen molar-refractivity contribution in [2.45, 2.75) is 24.9 Å². The van der Waals surface area contributed by atoms with Gasteiger partial charge < -0.3 is 15.4 Å².